The van der Waals surface area contributed by atoms with Crippen LogP contribution in [-0.2, 0) is 18.9 Å². The first-order valence-electron chi connectivity index (χ1n) is 11.8. The first-order valence-corrected chi connectivity index (χ1v) is 15.0. The van der Waals surface area contributed by atoms with Crippen molar-refractivity contribution in [3.63, 3.8) is 0 Å². The number of fused-ring (bicyclic) bond motifs is 10. The highest BCUT2D eigenvalue weighted by Crippen LogP contribution is 2.41. The van der Waals surface area contributed by atoms with Crippen LogP contribution in [0.3, 0.4) is 0 Å². The molecule has 8 heteroatoms. The van der Waals surface area contributed by atoms with E-state index in [1.54, 1.807) is 7.11 Å². The van der Waals surface area contributed by atoms with Crippen molar-refractivity contribution < 1.29 is 23.7 Å². The summed E-state index contributed by atoms with van der Waals surface area (Å²) in [6.45, 7) is 2.19. The van der Waals surface area contributed by atoms with E-state index in [4.69, 9.17) is 23.7 Å². The van der Waals surface area contributed by atoms with Gasteiger partial charge in [-0.3, -0.25) is 0 Å². The summed E-state index contributed by atoms with van der Waals surface area (Å²) in [7, 11) is 1.68. The van der Waals surface area contributed by atoms with Crippen LogP contribution >= 0.6 is 67.8 Å². The Hall–Kier alpha value is 1.05. The fourth-order valence-electron chi connectivity index (χ4n) is 4.30. The molecule has 32 heavy (non-hydrogen) atoms. The lowest BCUT2D eigenvalue weighted by molar-refractivity contribution is -0.215. The van der Waals surface area contributed by atoms with Crippen molar-refractivity contribution >= 4 is 67.8 Å². The van der Waals surface area contributed by atoms with E-state index in [0.717, 1.165) is 40.6 Å². The van der Waals surface area contributed by atoms with Crippen LogP contribution in [-0.4, -0.2) is 45.7 Å². The van der Waals surface area contributed by atoms with Crippen LogP contribution in [0.5, 0.6) is 5.75 Å². The van der Waals surface area contributed by atoms with Gasteiger partial charge in [0.25, 0.3) is 0 Å². The molecular weight excluding hydrogens is 749 g/mol. The van der Waals surface area contributed by atoms with Gasteiger partial charge in [-0.1, -0.05) is 32.1 Å². The molecule has 5 nitrogen and oxygen atoms in total. The van der Waals surface area contributed by atoms with E-state index >= 15 is 0 Å². The third-order valence-electron chi connectivity index (χ3n) is 6.04. The second kappa shape index (κ2) is 15.2. The summed E-state index contributed by atoms with van der Waals surface area (Å²) in [6.07, 6.45) is 12.2. The van der Waals surface area contributed by atoms with Crippen molar-refractivity contribution in [3.05, 3.63) is 22.3 Å². The first kappa shape index (κ1) is 27.6. The van der Waals surface area contributed by atoms with Gasteiger partial charge in [0.1, 0.15) is 12.4 Å². The van der Waals surface area contributed by atoms with Crippen LogP contribution in [0, 0.1) is 10.7 Å². The van der Waals surface area contributed by atoms with Crippen molar-refractivity contribution in [2.24, 2.45) is 0 Å². The zero-order valence-electron chi connectivity index (χ0n) is 18.9. The van der Waals surface area contributed by atoms with E-state index in [2.05, 4.69) is 73.8 Å². The Kier molecular flexibility index (Phi) is 13.1. The van der Waals surface area contributed by atoms with Gasteiger partial charge in [-0.2, -0.15) is 0 Å². The SMILES string of the molecule is COCCOCCOc1c(C2OC3CCCCCCCC(CCC3)O2)cc(I)c(I)c1I. The molecule has 4 rings (SSSR count). The van der Waals surface area contributed by atoms with Gasteiger partial charge in [0.15, 0.2) is 6.29 Å². The van der Waals surface area contributed by atoms with Gasteiger partial charge in [-0.05, 0) is 106 Å². The summed E-state index contributed by atoms with van der Waals surface area (Å²) in [5, 5.41) is 0. The molecule has 2 heterocycles. The van der Waals surface area contributed by atoms with Crippen LogP contribution < -0.4 is 4.74 Å². The maximum atomic E-state index is 6.67. The van der Waals surface area contributed by atoms with Crippen molar-refractivity contribution in [2.45, 2.75) is 82.7 Å². The highest BCUT2D eigenvalue weighted by atomic mass is 127. The Labute approximate surface area is 233 Å². The molecule has 1 aromatic rings. The van der Waals surface area contributed by atoms with E-state index in [0.29, 0.717) is 26.4 Å². The fourth-order valence-corrected chi connectivity index (χ4v) is 6.58. The Bertz CT molecular complexity index is 681. The second-order valence-corrected chi connectivity index (χ2v) is 11.8. The molecule has 0 radical (unpaired) electrons. The predicted molar refractivity (Wildman–Crippen MR) is 151 cm³/mol. The lowest BCUT2D eigenvalue weighted by Gasteiger charge is -2.34. The summed E-state index contributed by atoms with van der Waals surface area (Å²) in [6, 6.07) is 2.19. The quantitative estimate of drug-likeness (QED) is 0.158. The minimum Gasteiger partial charge on any atom is -0.490 e. The van der Waals surface area contributed by atoms with Gasteiger partial charge in [0.2, 0.25) is 0 Å². The van der Waals surface area contributed by atoms with Gasteiger partial charge in [-0.15, -0.1) is 0 Å². The van der Waals surface area contributed by atoms with Crippen LogP contribution in [0.15, 0.2) is 6.07 Å². The van der Waals surface area contributed by atoms with Gasteiger partial charge in [0, 0.05) is 14.3 Å². The highest BCUT2D eigenvalue weighted by Gasteiger charge is 2.30. The minimum absolute atomic E-state index is 0.250. The lowest BCUT2D eigenvalue weighted by atomic mass is 9.97. The predicted octanol–water partition coefficient (Wildman–Crippen LogP) is 7.24. The van der Waals surface area contributed by atoms with Gasteiger partial charge in [0.05, 0.1) is 41.2 Å². The zero-order chi connectivity index (χ0) is 22.8. The van der Waals surface area contributed by atoms with Crippen LogP contribution in [0.25, 0.3) is 0 Å². The van der Waals surface area contributed by atoms with Crippen molar-refractivity contribution in [1.29, 1.82) is 0 Å². The average molecular weight is 784 g/mol. The van der Waals surface area contributed by atoms with Gasteiger partial charge >= 0.3 is 0 Å². The number of hydrogen-bond acceptors (Lipinski definition) is 5. The molecule has 0 spiro atoms. The van der Waals surface area contributed by atoms with E-state index in [-0.39, 0.29) is 18.5 Å². The molecule has 0 amide bonds. The second-order valence-electron chi connectivity index (χ2n) is 8.48. The Balaban J connectivity index is 1.82. The van der Waals surface area contributed by atoms with E-state index < -0.39 is 0 Å². The maximum Gasteiger partial charge on any atom is 0.188 e. The Morgan fingerprint density at radius 3 is 2.03 bits per heavy atom. The number of methoxy groups -OCH3 is 1. The van der Waals surface area contributed by atoms with Crippen molar-refractivity contribution in [3.8, 4) is 5.75 Å². The molecule has 2 aliphatic heterocycles. The number of rotatable bonds is 8. The highest BCUT2D eigenvalue weighted by molar-refractivity contribution is 14.1. The minimum atomic E-state index is -0.381. The third kappa shape index (κ3) is 8.61. The molecular formula is C24H35I3O5. The summed E-state index contributed by atoms with van der Waals surface area (Å²) in [5.74, 6) is 0.876. The topological polar surface area (TPSA) is 46.2 Å². The molecule has 2 saturated heterocycles. The first-order chi connectivity index (χ1) is 15.6. The molecule has 2 atom stereocenters. The van der Waals surface area contributed by atoms with Crippen molar-refractivity contribution in [1.82, 2.24) is 0 Å². The van der Waals surface area contributed by atoms with Crippen LogP contribution in [0.2, 0.25) is 0 Å². The van der Waals surface area contributed by atoms with Gasteiger partial charge in [-0.25, -0.2) is 0 Å². The van der Waals surface area contributed by atoms with Crippen molar-refractivity contribution in [2.75, 3.05) is 33.5 Å². The standard InChI is InChI=1S/C24H35I3O5/c1-28-12-13-29-14-15-30-23-19(16-20(25)21(26)22(23)27)24-31-17-8-5-3-2-4-6-9-18(32-24)11-7-10-17/h16-18,24H,2-15H2,1H3. The number of halogens is 3. The molecule has 182 valence electrons. The Morgan fingerprint density at radius 2 is 1.38 bits per heavy atom. The number of ether oxygens (including phenoxy) is 5. The zero-order valence-corrected chi connectivity index (χ0v) is 25.4. The molecule has 0 aromatic heterocycles. The number of hydrogen-bond donors (Lipinski definition) is 0. The molecule has 0 N–H and O–H groups in total. The molecule has 3 aliphatic rings. The Morgan fingerprint density at radius 1 is 0.781 bits per heavy atom. The lowest BCUT2D eigenvalue weighted by Crippen LogP contribution is -2.28. The smallest absolute Gasteiger partial charge is 0.188 e. The summed E-state index contributed by atoms with van der Waals surface area (Å²) in [5.41, 5.74) is 1.02. The summed E-state index contributed by atoms with van der Waals surface area (Å²) < 4.78 is 33.8. The molecule has 1 aliphatic carbocycles. The van der Waals surface area contributed by atoms with Crippen LogP contribution in [0.1, 0.15) is 76.1 Å². The fraction of sp³-hybridized carbons (Fsp3) is 0.750. The molecule has 3 fully saturated rings. The van der Waals surface area contributed by atoms with Crippen LogP contribution in [0.4, 0.5) is 0 Å². The van der Waals surface area contributed by atoms with Gasteiger partial charge < -0.3 is 23.7 Å². The third-order valence-corrected chi connectivity index (χ3v) is 11.1. The van der Waals surface area contributed by atoms with E-state index in [9.17, 15) is 0 Å². The average Bonchev–Trinajstić information content (AvgIpc) is 2.75. The molecule has 1 aromatic carbocycles. The summed E-state index contributed by atoms with van der Waals surface area (Å²) in [4.78, 5) is 0. The largest absolute Gasteiger partial charge is 0.490 e. The normalized spacial score (nSPS) is 25.1. The van der Waals surface area contributed by atoms with E-state index in [1.807, 2.05) is 0 Å². The molecule has 2 unspecified atom stereocenters. The number of benzene rings is 1. The molecule has 1 saturated carbocycles. The monoisotopic (exact) mass is 784 g/mol. The summed E-state index contributed by atoms with van der Waals surface area (Å²) >= 11 is 7.20. The maximum absolute atomic E-state index is 6.67. The van der Waals surface area contributed by atoms with E-state index in [1.165, 1.54) is 45.7 Å². The molecule has 2 bridgehead atoms.